The van der Waals surface area contributed by atoms with Crippen LogP contribution in [0, 0.1) is 6.92 Å². The average molecular weight is 201 g/mol. The molecule has 0 heterocycles. The third-order valence-electron chi connectivity index (χ3n) is 1.76. The van der Waals surface area contributed by atoms with Gasteiger partial charge in [0.15, 0.2) is 4.33 Å². The van der Waals surface area contributed by atoms with E-state index >= 15 is 0 Å². The summed E-state index contributed by atoms with van der Waals surface area (Å²) in [7, 11) is 0. The molecule has 2 heteroatoms. The highest BCUT2D eigenvalue weighted by atomic mass is 35.5. The van der Waals surface area contributed by atoms with Gasteiger partial charge in [-0.1, -0.05) is 60.1 Å². The lowest BCUT2D eigenvalue weighted by Gasteiger charge is -2.17. The molecule has 0 spiro atoms. The van der Waals surface area contributed by atoms with E-state index in [9.17, 15) is 0 Å². The van der Waals surface area contributed by atoms with E-state index in [0.717, 1.165) is 11.1 Å². The van der Waals surface area contributed by atoms with Crippen molar-refractivity contribution in [3.63, 3.8) is 0 Å². The Bertz CT molecular complexity index is 290. The molecule has 1 rings (SSSR count). The Morgan fingerprint density at radius 2 is 1.92 bits per heavy atom. The van der Waals surface area contributed by atoms with E-state index in [1.165, 1.54) is 6.08 Å². The third-order valence-corrected chi connectivity index (χ3v) is 2.48. The zero-order valence-electron chi connectivity index (χ0n) is 6.85. The fourth-order valence-electron chi connectivity index (χ4n) is 1.06. The van der Waals surface area contributed by atoms with Gasteiger partial charge in [-0.3, -0.25) is 0 Å². The van der Waals surface area contributed by atoms with Crippen molar-refractivity contribution in [2.24, 2.45) is 0 Å². The Hall–Kier alpha value is -0.460. The smallest absolute Gasteiger partial charge is 0.0998 e. The molecule has 0 unspecified atom stereocenters. The first-order chi connectivity index (χ1) is 5.58. The summed E-state index contributed by atoms with van der Waals surface area (Å²) in [5.41, 5.74) is 1.96. The monoisotopic (exact) mass is 200 g/mol. The highest BCUT2D eigenvalue weighted by Crippen LogP contribution is 2.36. The van der Waals surface area contributed by atoms with Gasteiger partial charge in [-0.2, -0.15) is 0 Å². The van der Waals surface area contributed by atoms with Crippen LogP contribution in [0.25, 0.3) is 0 Å². The van der Waals surface area contributed by atoms with E-state index in [4.69, 9.17) is 23.2 Å². The Balaban J connectivity index is 3.19. The van der Waals surface area contributed by atoms with E-state index in [0.29, 0.717) is 0 Å². The molecular formula is C10H10Cl2. The average Bonchev–Trinajstić information content (AvgIpc) is 2.05. The van der Waals surface area contributed by atoms with Crippen LogP contribution in [0.5, 0.6) is 0 Å². The predicted octanol–water partition coefficient (Wildman–Crippen LogP) is 3.81. The molecule has 0 bridgehead atoms. The van der Waals surface area contributed by atoms with Crippen molar-refractivity contribution in [3.05, 3.63) is 48.0 Å². The van der Waals surface area contributed by atoms with Gasteiger partial charge in [-0.15, -0.1) is 0 Å². The molecule has 0 fully saturated rings. The van der Waals surface area contributed by atoms with Crippen molar-refractivity contribution in [2.75, 3.05) is 0 Å². The predicted molar refractivity (Wildman–Crippen MR) is 54.8 cm³/mol. The number of aryl methyl sites for hydroxylation is 1. The van der Waals surface area contributed by atoms with Crippen molar-refractivity contribution in [1.29, 1.82) is 0 Å². The lowest BCUT2D eigenvalue weighted by molar-refractivity contribution is 1.08. The first kappa shape index (κ1) is 9.63. The van der Waals surface area contributed by atoms with Gasteiger partial charge in [-0.25, -0.2) is 0 Å². The van der Waals surface area contributed by atoms with Gasteiger partial charge in [-0.05, 0) is 18.1 Å². The highest BCUT2D eigenvalue weighted by Gasteiger charge is 2.23. The SMILES string of the molecule is C=CC(Cl)(Cl)c1ccccc1C. The van der Waals surface area contributed by atoms with Crippen LogP contribution < -0.4 is 0 Å². The molecular weight excluding hydrogens is 191 g/mol. The zero-order chi connectivity index (χ0) is 9.19. The summed E-state index contributed by atoms with van der Waals surface area (Å²) in [6.07, 6.45) is 1.53. The number of halogens is 2. The summed E-state index contributed by atoms with van der Waals surface area (Å²) < 4.78 is -0.967. The van der Waals surface area contributed by atoms with Crippen LogP contribution in [0.4, 0.5) is 0 Å². The quantitative estimate of drug-likeness (QED) is 0.504. The fourth-order valence-corrected chi connectivity index (χ4v) is 1.48. The molecule has 1 aromatic carbocycles. The Labute approximate surface area is 82.8 Å². The van der Waals surface area contributed by atoms with E-state index in [2.05, 4.69) is 6.58 Å². The van der Waals surface area contributed by atoms with Gasteiger partial charge >= 0.3 is 0 Å². The molecule has 0 aliphatic carbocycles. The minimum atomic E-state index is -0.967. The summed E-state index contributed by atoms with van der Waals surface area (Å²) in [4.78, 5) is 0. The van der Waals surface area contributed by atoms with Crippen molar-refractivity contribution in [3.8, 4) is 0 Å². The molecule has 12 heavy (non-hydrogen) atoms. The fraction of sp³-hybridized carbons (Fsp3) is 0.200. The Morgan fingerprint density at radius 1 is 1.33 bits per heavy atom. The van der Waals surface area contributed by atoms with Crippen LogP contribution in [-0.4, -0.2) is 0 Å². The number of benzene rings is 1. The van der Waals surface area contributed by atoms with Crippen LogP contribution >= 0.6 is 23.2 Å². The standard InChI is InChI=1S/C10H10Cl2/c1-3-10(11,12)9-7-5-4-6-8(9)2/h3-7H,1H2,2H3. The highest BCUT2D eigenvalue weighted by molar-refractivity contribution is 6.49. The zero-order valence-corrected chi connectivity index (χ0v) is 8.36. The van der Waals surface area contributed by atoms with Gasteiger partial charge in [0.2, 0.25) is 0 Å². The molecule has 0 aromatic heterocycles. The van der Waals surface area contributed by atoms with Gasteiger partial charge in [0.1, 0.15) is 0 Å². The first-order valence-corrected chi connectivity index (χ1v) is 4.41. The topological polar surface area (TPSA) is 0 Å². The molecule has 64 valence electrons. The number of alkyl halides is 2. The molecule has 0 N–H and O–H groups in total. The second-order valence-corrected chi connectivity index (χ2v) is 4.03. The maximum absolute atomic E-state index is 6.00. The van der Waals surface area contributed by atoms with E-state index in [1.54, 1.807) is 0 Å². The normalized spacial score (nSPS) is 11.2. The number of hydrogen-bond acceptors (Lipinski definition) is 0. The van der Waals surface area contributed by atoms with E-state index in [1.807, 2.05) is 31.2 Å². The summed E-state index contributed by atoms with van der Waals surface area (Å²) in [6.45, 7) is 5.56. The summed E-state index contributed by atoms with van der Waals surface area (Å²) in [5.74, 6) is 0. The van der Waals surface area contributed by atoms with Crippen molar-refractivity contribution < 1.29 is 0 Å². The second kappa shape index (κ2) is 3.51. The number of hydrogen-bond donors (Lipinski definition) is 0. The first-order valence-electron chi connectivity index (χ1n) is 3.65. The maximum atomic E-state index is 6.00. The molecule has 0 saturated carbocycles. The Morgan fingerprint density at radius 3 is 2.42 bits per heavy atom. The van der Waals surface area contributed by atoms with Crippen molar-refractivity contribution in [2.45, 2.75) is 11.3 Å². The molecule has 0 saturated heterocycles. The van der Waals surface area contributed by atoms with Crippen LogP contribution in [0.15, 0.2) is 36.9 Å². The lowest BCUT2D eigenvalue weighted by atomic mass is 10.1. The molecule has 0 amide bonds. The van der Waals surface area contributed by atoms with E-state index in [-0.39, 0.29) is 0 Å². The van der Waals surface area contributed by atoms with Crippen LogP contribution in [-0.2, 0) is 4.33 Å². The molecule has 1 aromatic rings. The molecule has 0 aliphatic heterocycles. The van der Waals surface area contributed by atoms with Gasteiger partial charge in [0.05, 0.1) is 0 Å². The minimum absolute atomic E-state index is 0.892. The van der Waals surface area contributed by atoms with E-state index < -0.39 is 4.33 Å². The summed E-state index contributed by atoms with van der Waals surface area (Å²) >= 11 is 12.0. The number of allylic oxidation sites excluding steroid dienone is 1. The van der Waals surface area contributed by atoms with Gasteiger partial charge in [0, 0.05) is 0 Å². The van der Waals surface area contributed by atoms with Gasteiger partial charge < -0.3 is 0 Å². The van der Waals surface area contributed by atoms with Crippen LogP contribution in [0.1, 0.15) is 11.1 Å². The lowest BCUT2D eigenvalue weighted by Crippen LogP contribution is -2.07. The third kappa shape index (κ3) is 1.82. The number of rotatable bonds is 2. The van der Waals surface area contributed by atoms with Gasteiger partial charge in [0.25, 0.3) is 0 Å². The van der Waals surface area contributed by atoms with Crippen LogP contribution in [0.3, 0.4) is 0 Å². The molecule has 0 aliphatic rings. The summed E-state index contributed by atoms with van der Waals surface area (Å²) in [6, 6.07) is 7.73. The maximum Gasteiger partial charge on any atom is 0.161 e. The molecule has 0 atom stereocenters. The summed E-state index contributed by atoms with van der Waals surface area (Å²) in [5, 5.41) is 0. The molecule has 0 nitrogen and oxygen atoms in total. The van der Waals surface area contributed by atoms with Crippen LogP contribution in [0.2, 0.25) is 0 Å². The largest absolute Gasteiger partial charge is 0.161 e. The Kier molecular flexibility index (Phi) is 2.81. The van der Waals surface area contributed by atoms with Crippen molar-refractivity contribution >= 4 is 23.2 Å². The minimum Gasteiger partial charge on any atom is -0.0998 e. The van der Waals surface area contributed by atoms with Crippen molar-refractivity contribution in [1.82, 2.24) is 0 Å². The molecule has 0 radical (unpaired) electrons. The second-order valence-electron chi connectivity index (χ2n) is 2.64.